The number of likely N-dealkylation sites (tertiary alicyclic amines) is 1. The largest absolute Gasteiger partial charge is 0.363 e. The average Bonchev–Trinajstić information content (AvgIpc) is 3.25. The molecule has 0 amide bonds. The molecular formula is C18H28IN7. The van der Waals surface area contributed by atoms with Crippen LogP contribution in [0.1, 0.15) is 23.6 Å². The van der Waals surface area contributed by atoms with Gasteiger partial charge in [0.25, 0.3) is 0 Å². The van der Waals surface area contributed by atoms with Gasteiger partial charge < -0.3 is 15.1 Å². The number of anilines is 1. The summed E-state index contributed by atoms with van der Waals surface area (Å²) < 4.78 is 1.87. The number of rotatable bonds is 4. The lowest BCUT2D eigenvalue weighted by molar-refractivity contribution is 0.485. The molecule has 1 N–H and O–H groups in total. The number of aromatic nitrogens is 3. The lowest BCUT2D eigenvalue weighted by atomic mass is 10.0. The molecule has 0 aromatic carbocycles. The van der Waals surface area contributed by atoms with E-state index < -0.39 is 0 Å². The monoisotopic (exact) mass is 469 g/mol. The van der Waals surface area contributed by atoms with Gasteiger partial charge in [0.1, 0.15) is 5.82 Å². The Balaban J connectivity index is 0.00000243. The van der Waals surface area contributed by atoms with Gasteiger partial charge >= 0.3 is 0 Å². The van der Waals surface area contributed by atoms with E-state index in [2.05, 4.69) is 31.5 Å². The van der Waals surface area contributed by atoms with Gasteiger partial charge in [-0.05, 0) is 24.1 Å². The molecule has 1 aliphatic rings. The van der Waals surface area contributed by atoms with E-state index in [0.29, 0.717) is 12.5 Å². The molecule has 0 bridgehead atoms. The van der Waals surface area contributed by atoms with Crippen molar-refractivity contribution in [3.8, 4) is 0 Å². The molecule has 2 aromatic heterocycles. The number of hydrogen-bond donors (Lipinski definition) is 1. The predicted octanol–water partition coefficient (Wildman–Crippen LogP) is 2.06. The molecule has 1 saturated heterocycles. The fourth-order valence-electron chi connectivity index (χ4n) is 3.19. The minimum absolute atomic E-state index is 0. The van der Waals surface area contributed by atoms with E-state index in [1.54, 1.807) is 0 Å². The minimum atomic E-state index is 0. The molecule has 3 heterocycles. The van der Waals surface area contributed by atoms with Crippen LogP contribution < -0.4 is 10.2 Å². The number of halogens is 1. The molecule has 0 spiro atoms. The second-order valence-corrected chi connectivity index (χ2v) is 6.66. The first-order valence-electron chi connectivity index (χ1n) is 8.64. The van der Waals surface area contributed by atoms with Gasteiger partial charge in [-0.2, -0.15) is 5.10 Å². The number of nitrogens with zero attached hydrogens (tertiary/aromatic N) is 6. The first kappa shape index (κ1) is 20.5. The van der Waals surface area contributed by atoms with Gasteiger partial charge in [0.2, 0.25) is 0 Å². The van der Waals surface area contributed by atoms with Crippen LogP contribution in [0.2, 0.25) is 0 Å². The Morgan fingerprint density at radius 1 is 1.38 bits per heavy atom. The van der Waals surface area contributed by atoms with Crippen molar-refractivity contribution in [3.05, 3.63) is 41.9 Å². The molecule has 1 atom stereocenters. The molecule has 26 heavy (non-hydrogen) atoms. The molecule has 8 heteroatoms. The Labute approximate surface area is 172 Å². The number of pyridine rings is 1. The molecule has 0 saturated carbocycles. The smallest absolute Gasteiger partial charge is 0.193 e. The third-order valence-corrected chi connectivity index (χ3v) is 4.57. The summed E-state index contributed by atoms with van der Waals surface area (Å²) in [5.74, 6) is 2.41. The van der Waals surface area contributed by atoms with E-state index >= 15 is 0 Å². The summed E-state index contributed by atoms with van der Waals surface area (Å²) in [5, 5.41) is 7.73. The molecular weight excluding hydrogens is 441 g/mol. The summed E-state index contributed by atoms with van der Waals surface area (Å²) >= 11 is 0. The molecule has 7 nitrogen and oxygen atoms in total. The Hall–Kier alpha value is -1.84. The molecule has 1 aliphatic heterocycles. The van der Waals surface area contributed by atoms with E-state index in [-0.39, 0.29) is 24.0 Å². The van der Waals surface area contributed by atoms with E-state index in [0.717, 1.165) is 37.0 Å². The quantitative estimate of drug-likeness (QED) is 0.422. The standard InChI is InChI=1S/C18H27N7.HI/c1-19-18(20-11-16-6-5-7-17(22-16)23(2)3)25-9-8-14(13-25)15-10-21-24(4)12-15;/h5-7,10,12,14H,8-9,11,13H2,1-4H3,(H,19,20);1H. The summed E-state index contributed by atoms with van der Waals surface area (Å²) in [5.41, 5.74) is 2.32. The minimum Gasteiger partial charge on any atom is -0.363 e. The highest BCUT2D eigenvalue weighted by Gasteiger charge is 2.26. The molecule has 142 valence electrons. The third-order valence-electron chi connectivity index (χ3n) is 4.57. The highest BCUT2D eigenvalue weighted by Crippen LogP contribution is 2.26. The Morgan fingerprint density at radius 2 is 2.19 bits per heavy atom. The molecule has 0 radical (unpaired) electrons. The van der Waals surface area contributed by atoms with Crippen LogP contribution in [0, 0.1) is 0 Å². The number of aryl methyl sites for hydroxylation is 1. The summed E-state index contributed by atoms with van der Waals surface area (Å²) in [4.78, 5) is 13.4. The average molecular weight is 469 g/mol. The highest BCUT2D eigenvalue weighted by molar-refractivity contribution is 14.0. The van der Waals surface area contributed by atoms with Gasteiger partial charge in [-0.25, -0.2) is 4.98 Å². The second kappa shape index (κ2) is 9.20. The van der Waals surface area contributed by atoms with E-state index in [1.165, 1.54) is 5.56 Å². The van der Waals surface area contributed by atoms with Gasteiger partial charge in [0.15, 0.2) is 5.96 Å². The van der Waals surface area contributed by atoms with Crippen molar-refractivity contribution in [1.29, 1.82) is 0 Å². The SMILES string of the molecule is CN=C(NCc1cccc(N(C)C)n1)N1CCC(c2cnn(C)c2)C1.I. The van der Waals surface area contributed by atoms with Gasteiger partial charge in [-0.3, -0.25) is 9.67 Å². The van der Waals surface area contributed by atoms with Gasteiger partial charge in [-0.1, -0.05) is 6.07 Å². The van der Waals surface area contributed by atoms with Crippen LogP contribution in [0.5, 0.6) is 0 Å². The molecule has 1 fully saturated rings. The molecule has 2 aromatic rings. The van der Waals surface area contributed by atoms with Crippen molar-refractivity contribution >= 4 is 35.8 Å². The number of nitrogens with one attached hydrogen (secondary N) is 1. The lowest BCUT2D eigenvalue weighted by Crippen LogP contribution is -2.39. The van der Waals surface area contributed by atoms with Crippen molar-refractivity contribution in [2.24, 2.45) is 12.0 Å². The first-order valence-corrected chi connectivity index (χ1v) is 8.64. The fraction of sp³-hybridized carbons (Fsp3) is 0.500. The summed E-state index contributed by atoms with van der Waals surface area (Å²) in [6, 6.07) is 6.09. The Kier molecular flexibility index (Phi) is 7.24. The van der Waals surface area contributed by atoms with Gasteiger partial charge in [-0.15, -0.1) is 24.0 Å². The van der Waals surface area contributed by atoms with Crippen LogP contribution in [0.4, 0.5) is 5.82 Å². The van der Waals surface area contributed by atoms with Crippen molar-refractivity contribution in [1.82, 2.24) is 25.0 Å². The van der Waals surface area contributed by atoms with Crippen LogP contribution in [-0.4, -0.2) is 59.9 Å². The van der Waals surface area contributed by atoms with Crippen molar-refractivity contribution in [3.63, 3.8) is 0 Å². The maximum atomic E-state index is 4.65. The molecule has 0 aliphatic carbocycles. The zero-order valence-corrected chi connectivity index (χ0v) is 18.2. The number of guanidine groups is 1. The van der Waals surface area contributed by atoms with E-state index in [1.807, 2.05) is 62.2 Å². The van der Waals surface area contributed by atoms with E-state index in [4.69, 9.17) is 0 Å². The topological polar surface area (TPSA) is 61.6 Å². The van der Waals surface area contributed by atoms with Crippen LogP contribution in [0.15, 0.2) is 35.6 Å². The van der Waals surface area contributed by atoms with Crippen LogP contribution in [-0.2, 0) is 13.6 Å². The van der Waals surface area contributed by atoms with Gasteiger partial charge in [0, 0.05) is 53.4 Å². The predicted molar refractivity (Wildman–Crippen MR) is 116 cm³/mol. The first-order chi connectivity index (χ1) is 12.1. The zero-order valence-electron chi connectivity index (χ0n) is 15.9. The van der Waals surface area contributed by atoms with E-state index in [9.17, 15) is 0 Å². The summed E-state index contributed by atoms with van der Waals surface area (Å²) in [6.07, 6.45) is 5.21. The third kappa shape index (κ3) is 4.87. The fourth-order valence-corrected chi connectivity index (χ4v) is 3.19. The Bertz CT molecular complexity index is 741. The second-order valence-electron chi connectivity index (χ2n) is 6.66. The number of aliphatic imine (C=N–C) groups is 1. The zero-order chi connectivity index (χ0) is 17.8. The van der Waals surface area contributed by atoms with Gasteiger partial charge in [0.05, 0.1) is 18.4 Å². The van der Waals surface area contributed by atoms with Crippen LogP contribution in [0.3, 0.4) is 0 Å². The molecule has 1 unspecified atom stereocenters. The van der Waals surface area contributed by atoms with Crippen LogP contribution in [0.25, 0.3) is 0 Å². The normalized spacial score (nSPS) is 17.2. The maximum absolute atomic E-state index is 4.65. The highest BCUT2D eigenvalue weighted by atomic mass is 127. The Morgan fingerprint density at radius 3 is 2.85 bits per heavy atom. The van der Waals surface area contributed by atoms with Crippen LogP contribution >= 0.6 is 24.0 Å². The van der Waals surface area contributed by atoms with Crippen molar-refractivity contribution < 1.29 is 0 Å². The lowest BCUT2D eigenvalue weighted by Gasteiger charge is -2.21. The van der Waals surface area contributed by atoms with Crippen molar-refractivity contribution in [2.45, 2.75) is 18.9 Å². The molecule has 3 rings (SSSR count). The van der Waals surface area contributed by atoms with Crippen molar-refractivity contribution in [2.75, 3.05) is 39.1 Å². The summed E-state index contributed by atoms with van der Waals surface area (Å²) in [6.45, 7) is 2.64. The maximum Gasteiger partial charge on any atom is 0.193 e. The summed E-state index contributed by atoms with van der Waals surface area (Å²) in [7, 11) is 7.80. The number of hydrogen-bond acceptors (Lipinski definition) is 4.